The number of fused-ring (bicyclic) bond motifs is 2. The van der Waals surface area contributed by atoms with E-state index < -0.39 is 34.7 Å². The van der Waals surface area contributed by atoms with Crippen LogP contribution in [0.2, 0.25) is 0 Å². The van der Waals surface area contributed by atoms with Crippen LogP contribution in [0, 0.1) is 0 Å². The van der Waals surface area contributed by atoms with Gasteiger partial charge in [0, 0.05) is 12.1 Å². The summed E-state index contributed by atoms with van der Waals surface area (Å²) in [5.74, 6) is -2.55. The van der Waals surface area contributed by atoms with E-state index in [2.05, 4.69) is 0 Å². The van der Waals surface area contributed by atoms with Gasteiger partial charge in [-0.3, -0.25) is 4.79 Å². The van der Waals surface area contributed by atoms with Crippen molar-refractivity contribution in [3.8, 4) is 28.7 Å². The van der Waals surface area contributed by atoms with E-state index in [-0.39, 0.29) is 16.9 Å². The Hall–Kier alpha value is -5.25. The van der Waals surface area contributed by atoms with E-state index >= 15 is 0 Å². The van der Waals surface area contributed by atoms with Gasteiger partial charge in [-0.1, -0.05) is 36.4 Å². The minimum atomic E-state index is -5.05. The molecule has 0 aliphatic carbocycles. The van der Waals surface area contributed by atoms with Crippen molar-refractivity contribution >= 4 is 33.8 Å². The molecule has 5 aromatic rings. The van der Waals surface area contributed by atoms with Crippen molar-refractivity contribution in [3.05, 3.63) is 106 Å². The molecule has 0 unspecified atom stereocenters. The first-order valence-electron chi connectivity index (χ1n) is 12.1. The van der Waals surface area contributed by atoms with Gasteiger partial charge in [-0.2, -0.15) is 13.2 Å². The molecule has 0 saturated heterocycles. The zero-order valence-electron chi connectivity index (χ0n) is 21.7. The molecular weight excluding hydrogens is 541 g/mol. The van der Waals surface area contributed by atoms with Crippen LogP contribution < -0.4 is 24.4 Å². The Morgan fingerprint density at radius 2 is 1.56 bits per heavy atom. The first kappa shape index (κ1) is 27.3. The van der Waals surface area contributed by atoms with Crippen LogP contribution in [0.5, 0.6) is 28.7 Å². The Labute approximate surface area is 230 Å². The maximum absolute atomic E-state index is 14.0. The van der Waals surface area contributed by atoms with Crippen molar-refractivity contribution in [1.82, 2.24) is 0 Å². The molecule has 4 aromatic carbocycles. The zero-order chi connectivity index (χ0) is 29.1. The van der Waals surface area contributed by atoms with Gasteiger partial charge in [0.05, 0.1) is 19.6 Å². The van der Waals surface area contributed by atoms with E-state index in [1.165, 1.54) is 44.6 Å². The quantitative estimate of drug-likeness (QED) is 0.116. The Kier molecular flexibility index (Phi) is 7.39. The molecule has 0 aliphatic heterocycles. The highest BCUT2D eigenvalue weighted by atomic mass is 19.4. The summed E-state index contributed by atoms with van der Waals surface area (Å²) in [4.78, 5) is 25.5. The van der Waals surface area contributed by atoms with Gasteiger partial charge in [-0.05, 0) is 58.8 Å². The van der Waals surface area contributed by atoms with E-state index in [0.717, 1.165) is 22.9 Å². The lowest BCUT2D eigenvalue weighted by molar-refractivity contribution is -0.154. The summed E-state index contributed by atoms with van der Waals surface area (Å²) < 4.78 is 68.1. The minimum Gasteiger partial charge on any atom is -0.493 e. The van der Waals surface area contributed by atoms with Crippen LogP contribution in [0.25, 0.3) is 27.8 Å². The van der Waals surface area contributed by atoms with Crippen LogP contribution in [0.1, 0.15) is 11.3 Å². The van der Waals surface area contributed by atoms with E-state index in [1.807, 2.05) is 12.1 Å². The van der Waals surface area contributed by atoms with Crippen molar-refractivity contribution in [2.75, 3.05) is 14.2 Å². The van der Waals surface area contributed by atoms with E-state index in [0.29, 0.717) is 17.1 Å². The summed E-state index contributed by atoms with van der Waals surface area (Å²) >= 11 is 0. The average Bonchev–Trinajstić information content (AvgIpc) is 2.96. The largest absolute Gasteiger partial charge is 0.493 e. The minimum absolute atomic E-state index is 0.0349. The van der Waals surface area contributed by atoms with Crippen LogP contribution in [0.15, 0.2) is 94.2 Å². The summed E-state index contributed by atoms with van der Waals surface area (Å²) in [5, 5.41) is 1.38. The van der Waals surface area contributed by atoms with Crippen molar-refractivity contribution in [3.63, 3.8) is 0 Å². The van der Waals surface area contributed by atoms with Crippen molar-refractivity contribution in [2.24, 2.45) is 0 Å². The summed E-state index contributed by atoms with van der Waals surface area (Å²) in [6.07, 6.45) is -2.46. The van der Waals surface area contributed by atoms with E-state index in [1.54, 1.807) is 36.4 Å². The fourth-order valence-electron chi connectivity index (χ4n) is 4.12. The molecule has 0 aliphatic rings. The predicted molar refractivity (Wildman–Crippen MR) is 146 cm³/mol. The van der Waals surface area contributed by atoms with Crippen LogP contribution in [-0.2, 0) is 11.0 Å². The van der Waals surface area contributed by atoms with E-state index in [4.69, 9.17) is 23.4 Å². The van der Waals surface area contributed by atoms with Crippen LogP contribution in [-0.4, -0.2) is 20.2 Å². The third-order valence-corrected chi connectivity index (χ3v) is 6.06. The van der Waals surface area contributed by atoms with Crippen molar-refractivity contribution < 1.29 is 41.3 Å². The molecule has 0 radical (unpaired) electrons. The van der Waals surface area contributed by atoms with Gasteiger partial charge in [0.1, 0.15) is 17.1 Å². The number of alkyl halides is 3. The number of carbonyl (C=O) groups is 1. The van der Waals surface area contributed by atoms with Gasteiger partial charge >= 0.3 is 12.1 Å². The van der Waals surface area contributed by atoms with Crippen LogP contribution in [0.3, 0.4) is 0 Å². The topological polar surface area (TPSA) is 84.2 Å². The monoisotopic (exact) mass is 562 g/mol. The average molecular weight is 562 g/mol. The number of ether oxygens (including phenoxy) is 4. The highest BCUT2D eigenvalue weighted by Gasteiger charge is 2.40. The number of rotatable bonds is 7. The number of benzene rings is 4. The molecule has 0 spiro atoms. The maximum atomic E-state index is 14.0. The van der Waals surface area contributed by atoms with Gasteiger partial charge < -0.3 is 23.4 Å². The highest BCUT2D eigenvalue weighted by molar-refractivity contribution is 5.90. The second-order valence-corrected chi connectivity index (χ2v) is 8.73. The third kappa shape index (κ3) is 5.86. The molecule has 0 atom stereocenters. The van der Waals surface area contributed by atoms with Crippen LogP contribution >= 0.6 is 0 Å². The normalized spacial score (nSPS) is 11.6. The maximum Gasteiger partial charge on any atom is 0.453 e. The molecule has 208 valence electrons. The fraction of sp³-hybridized carbons (Fsp3) is 0.0968. The van der Waals surface area contributed by atoms with Gasteiger partial charge in [0.25, 0.3) is 5.76 Å². The lowest BCUT2D eigenvalue weighted by Crippen LogP contribution is -2.15. The molecule has 1 aromatic heterocycles. The number of carbonyl (C=O) groups excluding carboxylic acids is 1. The molecule has 0 N–H and O–H groups in total. The molecule has 0 fully saturated rings. The lowest BCUT2D eigenvalue weighted by atomic mass is 10.1. The molecule has 1 heterocycles. The predicted octanol–water partition coefficient (Wildman–Crippen LogP) is 7.39. The molecule has 5 rings (SSSR count). The summed E-state index contributed by atoms with van der Waals surface area (Å²) in [6.45, 7) is 0. The van der Waals surface area contributed by atoms with Gasteiger partial charge in [0.2, 0.25) is 11.2 Å². The first-order valence-corrected chi connectivity index (χ1v) is 12.1. The number of hydrogen-bond donors (Lipinski definition) is 0. The number of methoxy groups -OCH3 is 2. The number of halogens is 3. The summed E-state index contributed by atoms with van der Waals surface area (Å²) in [5.41, 5.74) is -0.849. The second-order valence-electron chi connectivity index (χ2n) is 8.73. The molecule has 10 heteroatoms. The van der Waals surface area contributed by atoms with Crippen LogP contribution in [0.4, 0.5) is 13.2 Å². The lowest BCUT2D eigenvalue weighted by Gasteiger charge is -2.14. The van der Waals surface area contributed by atoms with Crippen molar-refractivity contribution in [2.45, 2.75) is 6.18 Å². The molecular formula is C31H21F3O7. The molecule has 7 nitrogen and oxygen atoms in total. The first-order chi connectivity index (χ1) is 19.7. The highest BCUT2D eigenvalue weighted by Crippen LogP contribution is 2.39. The molecule has 0 bridgehead atoms. The summed E-state index contributed by atoms with van der Waals surface area (Å²) in [7, 11) is 2.97. The number of esters is 1. The third-order valence-electron chi connectivity index (χ3n) is 6.06. The Morgan fingerprint density at radius 1 is 0.829 bits per heavy atom. The Morgan fingerprint density at radius 3 is 2.29 bits per heavy atom. The molecule has 41 heavy (non-hydrogen) atoms. The van der Waals surface area contributed by atoms with E-state index in [9.17, 15) is 22.8 Å². The van der Waals surface area contributed by atoms with Gasteiger partial charge in [-0.15, -0.1) is 0 Å². The Balaban J connectivity index is 1.43. The molecule has 0 saturated carbocycles. The summed E-state index contributed by atoms with van der Waals surface area (Å²) in [6, 6.07) is 20.3. The standard InChI is InChI=1S/C31H21F3O7/c1-37-24-13-7-18(15-26(24)38-2)8-14-27(35)39-22-11-12-23-25(17-22)41-30(31(32,33)34)29(28(23)36)40-21-10-9-19-5-3-4-6-20(19)16-21/h3-17H,1-2H3. The van der Waals surface area contributed by atoms with Crippen molar-refractivity contribution in [1.29, 1.82) is 0 Å². The second kappa shape index (κ2) is 11.1. The van der Waals surface area contributed by atoms with Gasteiger partial charge in [0.15, 0.2) is 11.5 Å². The molecule has 0 amide bonds. The van der Waals surface area contributed by atoms with Gasteiger partial charge in [-0.25, -0.2) is 4.79 Å². The Bertz CT molecular complexity index is 1860. The number of hydrogen-bond acceptors (Lipinski definition) is 7. The SMILES string of the molecule is COc1ccc(C=CC(=O)Oc2ccc3c(=O)c(Oc4ccc5ccccc5c4)c(C(F)(F)F)oc3c2)cc1OC. The zero-order valence-corrected chi connectivity index (χ0v) is 21.7. The smallest absolute Gasteiger partial charge is 0.453 e. The fourth-order valence-corrected chi connectivity index (χ4v) is 4.12.